The highest BCUT2D eigenvalue weighted by Gasteiger charge is 2.16. The standard InChI is InChI=1S/C31H19N3/c1-2-12-25-21(9-1)24-18-17-20(19-30(24)34-29-16-8-5-13-26(29)32-31(25)34)33-27-14-6-3-10-22(27)23-11-4-7-15-28(23)33/h1-19H. The molecule has 0 aliphatic heterocycles. The van der Waals surface area contributed by atoms with Crippen molar-refractivity contribution in [1.82, 2.24) is 14.0 Å². The van der Waals surface area contributed by atoms with Crippen molar-refractivity contribution >= 4 is 60.2 Å². The number of pyridine rings is 1. The molecule has 0 atom stereocenters. The third-order valence-electron chi connectivity index (χ3n) is 7.08. The third kappa shape index (κ3) is 2.23. The molecule has 3 heterocycles. The summed E-state index contributed by atoms with van der Waals surface area (Å²) in [5.41, 5.74) is 7.91. The summed E-state index contributed by atoms with van der Waals surface area (Å²) in [6.07, 6.45) is 0. The summed E-state index contributed by atoms with van der Waals surface area (Å²) >= 11 is 0. The molecule has 0 saturated carbocycles. The number of benzene rings is 5. The highest BCUT2D eigenvalue weighted by molar-refractivity contribution is 6.14. The van der Waals surface area contributed by atoms with Crippen LogP contribution in [0.5, 0.6) is 0 Å². The van der Waals surface area contributed by atoms with Gasteiger partial charge in [-0.1, -0.05) is 78.9 Å². The van der Waals surface area contributed by atoms with Crippen molar-refractivity contribution in [3.05, 3.63) is 115 Å². The van der Waals surface area contributed by atoms with Crippen LogP contribution in [-0.2, 0) is 0 Å². The molecule has 158 valence electrons. The maximum absolute atomic E-state index is 5.04. The molecule has 34 heavy (non-hydrogen) atoms. The Labute approximate surface area is 195 Å². The van der Waals surface area contributed by atoms with Crippen molar-refractivity contribution in [3.8, 4) is 5.69 Å². The number of hydrogen-bond acceptors (Lipinski definition) is 1. The Morgan fingerprint density at radius 3 is 1.74 bits per heavy atom. The van der Waals surface area contributed by atoms with Gasteiger partial charge in [-0.2, -0.15) is 0 Å². The molecular formula is C31H19N3. The van der Waals surface area contributed by atoms with E-state index in [0.29, 0.717) is 0 Å². The number of fused-ring (bicyclic) bond motifs is 11. The minimum absolute atomic E-state index is 1.00. The Bertz CT molecular complexity index is 2020. The zero-order chi connectivity index (χ0) is 22.2. The molecule has 8 aromatic rings. The summed E-state index contributed by atoms with van der Waals surface area (Å²) in [6.45, 7) is 0. The van der Waals surface area contributed by atoms with Gasteiger partial charge in [0.2, 0.25) is 0 Å². The van der Waals surface area contributed by atoms with E-state index in [1.165, 1.54) is 43.5 Å². The topological polar surface area (TPSA) is 22.2 Å². The van der Waals surface area contributed by atoms with E-state index >= 15 is 0 Å². The summed E-state index contributed by atoms with van der Waals surface area (Å²) in [5, 5.41) is 6.19. The van der Waals surface area contributed by atoms with Crippen molar-refractivity contribution in [2.75, 3.05) is 0 Å². The summed E-state index contributed by atoms with van der Waals surface area (Å²) in [6, 6.07) is 41.2. The van der Waals surface area contributed by atoms with Gasteiger partial charge >= 0.3 is 0 Å². The second-order valence-electron chi connectivity index (χ2n) is 8.88. The van der Waals surface area contributed by atoms with E-state index < -0.39 is 0 Å². The van der Waals surface area contributed by atoms with Gasteiger partial charge in [0.05, 0.1) is 27.6 Å². The van der Waals surface area contributed by atoms with Gasteiger partial charge in [0.15, 0.2) is 0 Å². The van der Waals surface area contributed by atoms with Crippen LogP contribution in [0.1, 0.15) is 0 Å². The lowest BCUT2D eigenvalue weighted by Gasteiger charge is -2.13. The van der Waals surface area contributed by atoms with E-state index in [2.05, 4.69) is 124 Å². The molecule has 0 fully saturated rings. The second-order valence-corrected chi connectivity index (χ2v) is 8.88. The molecule has 0 saturated heterocycles. The smallest absolute Gasteiger partial charge is 0.146 e. The van der Waals surface area contributed by atoms with Crippen LogP contribution in [0, 0.1) is 0 Å². The maximum atomic E-state index is 5.04. The van der Waals surface area contributed by atoms with Gasteiger partial charge in [0.25, 0.3) is 0 Å². The first-order chi connectivity index (χ1) is 16.9. The summed E-state index contributed by atoms with van der Waals surface area (Å²) in [7, 11) is 0. The molecule has 0 spiro atoms. The average molecular weight is 434 g/mol. The van der Waals surface area contributed by atoms with Crippen LogP contribution in [0.3, 0.4) is 0 Å². The minimum Gasteiger partial charge on any atom is -0.309 e. The number of hydrogen-bond donors (Lipinski definition) is 0. The zero-order valence-electron chi connectivity index (χ0n) is 18.3. The first kappa shape index (κ1) is 17.9. The van der Waals surface area contributed by atoms with Gasteiger partial charge in [-0.25, -0.2) is 4.98 Å². The van der Waals surface area contributed by atoms with E-state index in [0.717, 1.165) is 22.4 Å². The molecule has 3 heteroatoms. The Morgan fingerprint density at radius 2 is 1.00 bits per heavy atom. The Balaban J connectivity index is 1.59. The molecule has 3 aromatic heterocycles. The molecule has 0 N–H and O–H groups in total. The number of rotatable bonds is 1. The Hall–Kier alpha value is -4.63. The van der Waals surface area contributed by atoms with Gasteiger partial charge in [-0.15, -0.1) is 0 Å². The lowest BCUT2D eigenvalue weighted by atomic mass is 10.1. The Kier molecular flexibility index (Phi) is 3.39. The number of para-hydroxylation sites is 4. The minimum atomic E-state index is 1.00. The largest absolute Gasteiger partial charge is 0.309 e. The van der Waals surface area contributed by atoms with Gasteiger partial charge in [-0.3, -0.25) is 4.40 Å². The van der Waals surface area contributed by atoms with Crippen LogP contribution in [0.4, 0.5) is 0 Å². The van der Waals surface area contributed by atoms with Crippen molar-refractivity contribution in [2.45, 2.75) is 0 Å². The van der Waals surface area contributed by atoms with Gasteiger partial charge in [0.1, 0.15) is 5.65 Å². The SMILES string of the molecule is c1ccc2c(c1)nc1c3ccccc3c3ccc(-n4c5ccccc5c5ccccc54)cc3n21. The average Bonchev–Trinajstić information content (AvgIpc) is 3.45. The highest BCUT2D eigenvalue weighted by Crippen LogP contribution is 2.36. The molecule has 0 unspecified atom stereocenters. The van der Waals surface area contributed by atoms with Crippen molar-refractivity contribution in [3.63, 3.8) is 0 Å². The van der Waals surface area contributed by atoms with Crippen molar-refractivity contribution in [1.29, 1.82) is 0 Å². The molecule has 5 aromatic carbocycles. The number of nitrogens with zero attached hydrogens (tertiary/aromatic N) is 3. The zero-order valence-corrected chi connectivity index (χ0v) is 18.3. The van der Waals surface area contributed by atoms with E-state index in [-0.39, 0.29) is 0 Å². The molecule has 3 nitrogen and oxygen atoms in total. The Morgan fingerprint density at radius 1 is 0.441 bits per heavy atom. The molecule has 8 rings (SSSR count). The summed E-state index contributed by atoms with van der Waals surface area (Å²) < 4.78 is 4.70. The lowest BCUT2D eigenvalue weighted by Crippen LogP contribution is -1.97. The van der Waals surface area contributed by atoms with Crippen LogP contribution >= 0.6 is 0 Å². The van der Waals surface area contributed by atoms with E-state index in [9.17, 15) is 0 Å². The monoisotopic (exact) mass is 433 g/mol. The van der Waals surface area contributed by atoms with Gasteiger partial charge in [0, 0.05) is 27.2 Å². The molecule has 0 aliphatic carbocycles. The molecule has 0 amide bonds. The van der Waals surface area contributed by atoms with Crippen molar-refractivity contribution in [2.24, 2.45) is 0 Å². The fourth-order valence-corrected chi connectivity index (χ4v) is 5.64. The molecule has 0 aliphatic rings. The maximum Gasteiger partial charge on any atom is 0.146 e. The lowest BCUT2D eigenvalue weighted by molar-refractivity contribution is 1.18. The molecular weight excluding hydrogens is 414 g/mol. The first-order valence-electron chi connectivity index (χ1n) is 11.6. The summed E-state index contributed by atoms with van der Waals surface area (Å²) in [5.74, 6) is 0. The summed E-state index contributed by atoms with van der Waals surface area (Å²) in [4.78, 5) is 5.04. The van der Waals surface area contributed by atoms with Crippen LogP contribution < -0.4 is 0 Å². The fraction of sp³-hybridized carbons (Fsp3) is 0. The quantitative estimate of drug-likeness (QED) is 0.241. The predicted octanol–water partition coefficient (Wildman–Crippen LogP) is 7.89. The van der Waals surface area contributed by atoms with Crippen LogP contribution in [0.15, 0.2) is 115 Å². The predicted molar refractivity (Wildman–Crippen MR) is 142 cm³/mol. The molecule has 0 bridgehead atoms. The highest BCUT2D eigenvalue weighted by atomic mass is 15.0. The van der Waals surface area contributed by atoms with Crippen LogP contribution in [0.2, 0.25) is 0 Å². The van der Waals surface area contributed by atoms with E-state index in [4.69, 9.17) is 4.98 Å². The number of aromatic nitrogens is 3. The second kappa shape index (κ2) is 6.46. The van der Waals surface area contributed by atoms with E-state index in [1.54, 1.807) is 0 Å². The number of imidazole rings is 1. The van der Waals surface area contributed by atoms with Gasteiger partial charge in [-0.05, 0) is 41.8 Å². The normalized spacial score (nSPS) is 12.1. The van der Waals surface area contributed by atoms with Crippen molar-refractivity contribution < 1.29 is 0 Å². The van der Waals surface area contributed by atoms with Gasteiger partial charge < -0.3 is 4.57 Å². The van der Waals surface area contributed by atoms with Crippen LogP contribution in [-0.4, -0.2) is 14.0 Å². The van der Waals surface area contributed by atoms with E-state index in [1.807, 2.05) is 0 Å². The molecule has 0 radical (unpaired) electrons. The van der Waals surface area contributed by atoms with Crippen LogP contribution in [0.25, 0.3) is 65.8 Å². The third-order valence-corrected chi connectivity index (χ3v) is 7.08. The fourth-order valence-electron chi connectivity index (χ4n) is 5.64. The first-order valence-corrected chi connectivity index (χ1v) is 11.6.